The van der Waals surface area contributed by atoms with Gasteiger partial charge in [-0.3, -0.25) is 4.79 Å². The van der Waals surface area contributed by atoms with Gasteiger partial charge in [0.1, 0.15) is 12.4 Å². The van der Waals surface area contributed by atoms with Crippen LogP contribution in [0.4, 0.5) is 13.2 Å². The van der Waals surface area contributed by atoms with Gasteiger partial charge in [0.05, 0.1) is 11.1 Å². The van der Waals surface area contributed by atoms with Gasteiger partial charge in [-0.25, -0.2) is 0 Å². The fraction of sp³-hybridized carbons (Fsp3) is 0.611. The van der Waals surface area contributed by atoms with Gasteiger partial charge in [0.25, 0.3) is 0 Å². The molecular weight excluding hydrogens is 333 g/mol. The first-order valence-corrected chi connectivity index (χ1v) is 8.42. The molecule has 1 saturated heterocycles. The number of carbonyl (C=O) groups excluding carboxylic acids is 1. The number of amides is 1. The zero-order valence-corrected chi connectivity index (χ0v) is 14.5. The monoisotopic (exact) mass is 356 g/mol. The van der Waals surface area contributed by atoms with E-state index in [1.807, 2.05) is 13.8 Å². The lowest BCUT2D eigenvalue weighted by atomic mass is 10.1. The topological polar surface area (TPSA) is 50.4 Å². The zero-order valence-electron chi connectivity index (χ0n) is 14.5. The summed E-state index contributed by atoms with van der Waals surface area (Å²) in [6.45, 7) is 7.25. The SMILES string of the molecule is Cc1cc(C(F)(F)F)ccc1OCC(C)(C)NC(=O)C1C2CNCC21. The Morgan fingerprint density at radius 1 is 1.28 bits per heavy atom. The van der Waals surface area contributed by atoms with E-state index in [4.69, 9.17) is 4.74 Å². The highest BCUT2D eigenvalue weighted by molar-refractivity contribution is 5.83. The van der Waals surface area contributed by atoms with Crippen molar-refractivity contribution in [1.82, 2.24) is 10.6 Å². The van der Waals surface area contributed by atoms with Crippen LogP contribution in [0.1, 0.15) is 25.0 Å². The van der Waals surface area contributed by atoms with E-state index in [0.29, 0.717) is 23.1 Å². The van der Waals surface area contributed by atoms with Crippen molar-refractivity contribution in [2.75, 3.05) is 19.7 Å². The molecule has 4 nitrogen and oxygen atoms in total. The largest absolute Gasteiger partial charge is 0.491 e. The Hall–Kier alpha value is -1.76. The Morgan fingerprint density at radius 2 is 1.92 bits per heavy atom. The first-order valence-electron chi connectivity index (χ1n) is 8.42. The number of nitrogens with one attached hydrogen (secondary N) is 2. The summed E-state index contributed by atoms with van der Waals surface area (Å²) in [5.41, 5.74) is -0.880. The molecule has 0 bridgehead atoms. The van der Waals surface area contributed by atoms with Crippen LogP contribution in [-0.4, -0.2) is 31.1 Å². The van der Waals surface area contributed by atoms with Crippen LogP contribution >= 0.6 is 0 Å². The number of piperidine rings is 1. The second-order valence-corrected chi connectivity index (χ2v) is 7.65. The van der Waals surface area contributed by atoms with Gasteiger partial charge in [-0.1, -0.05) is 0 Å². The maximum atomic E-state index is 12.7. The molecule has 1 saturated carbocycles. The quantitative estimate of drug-likeness (QED) is 0.853. The Morgan fingerprint density at radius 3 is 2.48 bits per heavy atom. The minimum absolute atomic E-state index is 0.0363. The van der Waals surface area contributed by atoms with Gasteiger partial charge in [0, 0.05) is 5.92 Å². The average molecular weight is 356 g/mol. The number of carbonyl (C=O) groups is 1. The lowest BCUT2D eigenvalue weighted by Gasteiger charge is -2.27. The van der Waals surface area contributed by atoms with Crippen molar-refractivity contribution in [3.05, 3.63) is 29.3 Å². The van der Waals surface area contributed by atoms with Gasteiger partial charge < -0.3 is 15.4 Å². The first-order chi connectivity index (χ1) is 11.6. The minimum Gasteiger partial charge on any atom is -0.491 e. The van der Waals surface area contributed by atoms with E-state index in [1.165, 1.54) is 6.07 Å². The highest BCUT2D eigenvalue weighted by Crippen LogP contribution is 2.48. The number of hydrogen-bond donors (Lipinski definition) is 2. The van der Waals surface area contributed by atoms with E-state index in [2.05, 4.69) is 10.6 Å². The Kier molecular flexibility index (Phi) is 4.47. The molecule has 1 aromatic carbocycles. The molecule has 7 heteroatoms. The highest BCUT2D eigenvalue weighted by Gasteiger charge is 2.57. The fourth-order valence-electron chi connectivity index (χ4n) is 3.51. The number of alkyl halides is 3. The van der Waals surface area contributed by atoms with E-state index in [1.54, 1.807) is 6.92 Å². The molecule has 0 spiro atoms. The van der Waals surface area contributed by atoms with Crippen LogP contribution in [0.5, 0.6) is 5.75 Å². The molecule has 2 fully saturated rings. The minimum atomic E-state index is -4.37. The number of rotatable bonds is 5. The number of fused-ring (bicyclic) bond motifs is 1. The zero-order chi connectivity index (χ0) is 18.4. The number of hydrogen-bond acceptors (Lipinski definition) is 3. The molecule has 3 rings (SSSR count). The third kappa shape index (κ3) is 3.92. The fourth-order valence-corrected chi connectivity index (χ4v) is 3.51. The highest BCUT2D eigenvalue weighted by atomic mass is 19.4. The van der Waals surface area contributed by atoms with E-state index in [-0.39, 0.29) is 18.4 Å². The van der Waals surface area contributed by atoms with Crippen molar-refractivity contribution in [2.24, 2.45) is 17.8 Å². The van der Waals surface area contributed by atoms with Gasteiger partial charge in [0.15, 0.2) is 0 Å². The van der Waals surface area contributed by atoms with Crippen LogP contribution in [0.25, 0.3) is 0 Å². The molecule has 138 valence electrons. The summed E-state index contributed by atoms with van der Waals surface area (Å²) in [7, 11) is 0. The maximum absolute atomic E-state index is 12.7. The van der Waals surface area contributed by atoms with Crippen LogP contribution < -0.4 is 15.4 Å². The van der Waals surface area contributed by atoms with Crippen molar-refractivity contribution >= 4 is 5.91 Å². The molecule has 25 heavy (non-hydrogen) atoms. The summed E-state index contributed by atoms with van der Waals surface area (Å²) in [6.07, 6.45) is -4.37. The summed E-state index contributed by atoms with van der Waals surface area (Å²) >= 11 is 0. The van der Waals surface area contributed by atoms with Crippen molar-refractivity contribution in [1.29, 1.82) is 0 Å². The molecular formula is C18H23F3N2O2. The Balaban J connectivity index is 1.56. The van der Waals surface area contributed by atoms with Gasteiger partial charge in [-0.2, -0.15) is 13.2 Å². The normalized spacial score (nSPS) is 25.4. The van der Waals surface area contributed by atoms with Crippen molar-refractivity contribution < 1.29 is 22.7 Å². The number of benzene rings is 1. The summed E-state index contributed by atoms with van der Waals surface area (Å²) in [6, 6.07) is 3.40. The standard InChI is InChI=1S/C18H23F3N2O2/c1-10-6-11(18(19,20)21)4-5-14(10)25-9-17(2,3)23-16(24)15-12-7-22-8-13(12)15/h4-6,12-13,15,22H,7-9H2,1-3H3,(H,23,24). The molecule has 2 aliphatic rings. The summed E-state index contributed by atoms with van der Waals surface area (Å²) in [4.78, 5) is 12.3. The predicted molar refractivity (Wildman–Crippen MR) is 87.2 cm³/mol. The van der Waals surface area contributed by atoms with Crippen molar-refractivity contribution in [3.63, 3.8) is 0 Å². The molecule has 0 aromatic heterocycles. The number of aryl methyl sites for hydroxylation is 1. The van der Waals surface area contributed by atoms with Gasteiger partial charge in [-0.05, 0) is 69.5 Å². The Bertz CT molecular complexity index is 663. The third-order valence-corrected chi connectivity index (χ3v) is 4.95. The van der Waals surface area contributed by atoms with E-state index in [9.17, 15) is 18.0 Å². The third-order valence-electron chi connectivity index (χ3n) is 4.95. The van der Waals surface area contributed by atoms with E-state index < -0.39 is 17.3 Å². The van der Waals surface area contributed by atoms with Crippen molar-refractivity contribution in [2.45, 2.75) is 32.5 Å². The van der Waals surface area contributed by atoms with Gasteiger partial charge >= 0.3 is 6.18 Å². The number of halogens is 3. The molecule has 2 atom stereocenters. The molecule has 1 amide bonds. The molecule has 2 N–H and O–H groups in total. The average Bonchev–Trinajstić information content (AvgIpc) is 2.98. The molecule has 1 aromatic rings. The first kappa shape index (κ1) is 18.0. The van der Waals surface area contributed by atoms with Crippen molar-refractivity contribution in [3.8, 4) is 5.75 Å². The molecule has 0 radical (unpaired) electrons. The van der Waals surface area contributed by atoms with Gasteiger partial charge in [0.2, 0.25) is 5.91 Å². The smallest absolute Gasteiger partial charge is 0.416 e. The predicted octanol–water partition coefficient (Wildman–Crippen LogP) is 2.75. The van der Waals surface area contributed by atoms with E-state index >= 15 is 0 Å². The summed E-state index contributed by atoms with van der Waals surface area (Å²) in [5, 5.41) is 6.25. The lowest BCUT2D eigenvalue weighted by Crippen LogP contribution is -2.49. The van der Waals surface area contributed by atoms with Crippen LogP contribution in [0, 0.1) is 24.7 Å². The maximum Gasteiger partial charge on any atom is 0.416 e. The van der Waals surface area contributed by atoms with Crippen LogP contribution in [0.2, 0.25) is 0 Å². The van der Waals surface area contributed by atoms with Crippen LogP contribution in [-0.2, 0) is 11.0 Å². The second-order valence-electron chi connectivity index (χ2n) is 7.65. The van der Waals surface area contributed by atoms with Crippen LogP contribution in [0.15, 0.2) is 18.2 Å². The number of ether oxygens (including phenoxy) is 1. The lowest BCUT2D eigenvalue weighted by molar-refractivity contribution is -0.137. The summed E-state index contributed by atoms with van der Waals surface area (Å²) in [5.74, 6) is 1.38. The summed E-state index contributed by atoms with van der Waals surface area (Å²) < 4.78 is 43.8. The molecule has 2 unspecified atom stereocenters. The van der Waals surface area contributed by atoms with Crippen LogP contribution in [0.3, 0.4) is 0 Å². The van der Waals surface area contributed by atoms with E-state index in [0.717, 1.165) is 25.2 Å². The Labute approximate surface area is 145 Å². The van der Waals surface area contributed by atoms with Gasteiger partial charge in [-0.15, -0.1) is 0 Å². The molecule has 1 aliphatic carbocycles. The second kappa shape index (κ2) is 6.20. The molecule has 1 aliphatic heterocycles. The molecule has 1 heterocycles.